The van der Waals surface area contributed by atoms with Gasteiger partial charge in [0.2, 0.25) is 11.8 Å². The van der Waals surface area contributed by atoms with E-state index in [1.165, 1.54) is 24.9 Å². The molecular formula is C21H27ClN4O2. The first-order chi connectivity index (χ1) is 13.7. The molecule has 0 radical (unpaired) electrons. The molecule has 0 bridgehead atoms. The molecule has 2 aliphatic rings. The van der Waals surface area contributed by atoms with Gasteiger partial charge >= 0.3 is 0 Å². The van der Waals surface area contributed by atoms with Gasteiger partial charge < -0.3 is 19.7 Å². The normalized spacial score (nSPS) is 22.3. The van der Waals surface area contributed by atoms with Gasteiger partial charge in [0, 0.05) is 24.5 Å². The summed E-state index contributed by atoms with van der Waals surface area (Å²) in [5.41, 5.74) is 2.12. The van der Waals surface area contributed by atoms with Gasteiger partial charge in [-0.3, -0.25) is 0 Å². The third-order valence-electron chi connectivity index (χ3n) is 5.47. The number of nitrogens with one attached hydrogen (secondary N) is 1. The van der Waals surface area contributed by atoms with Crippen molar-refractivity contribution in [3.05, 3.63) is 35.5 Å². The Bertz CT molecular complexity index is 780. The third-order valence-corrected chi connectivity index (χ3v) is 5.73. The summed E-state index contributed by atoms with van der Waals surface area (Å²) in [6, 6.07) is 8.26. The van der Waals surface area contributed by atoms with Gasteiger partial charge in [0.15, 0.2) is 0 Å². The fourth-order valence-corrected chi connectivity index (χ4v) is 4.04. The average molecular weight is 403 g/mol. The van der Waals surface area contributed by atoms with Crippen molar-refractivity contribution in [3.8, 4) is 5.88 Å². The molecule has 0 unspecified atom stereocenters. The van der Waals surface area contributed by atoms with Crippen molar-refractivity contribution in [2.45, 2.75) is 26.2 Å². The van der Waals surface area contributed by atoms with E-state index in [1.807, 2.05) is 12.1 Å². The summed E-state index contributed by atoms with van der Waals surface area (Å²) in [5.74, 6) is 2.30. The second-order valence-corrected chi connectivity index (χ2v) is 8.12. The predicted molar refractivity (Wildman–Crippen MR) is 112 cm³/mol. The molecule has 1 aromatic carbocycles. The molecule has 7 heteroatoms. The highest BCUT2D eigenvalue weighted by Crippen LogP contribution is 2.32. The molecule has 28 heavy (non-hydrogen) atoms. The van der Waals surface area contributed by atoms with Crippen molar-refractivity contribution in [3.63, 3.8) is 0 Å². The Labute approximate surface area is 171 Å². The van der Waals surface area contributed by atoms with E-state index in [4.69, 9.17) is 21.1 Å². The minimum atomic E-state index is 0.444. The smallest absolute Gasteiger partial charge is 0.237 e. The summed E-state index contributed by atoms with van der Waals surface area (Å²) in [4.78, 5) is 11.1. The zero-order valence-corrected chi connectivity index (χ0v) is 17.0. The molecule has 150 valence electrons. The lowest BCUT2D eigenvalue weighted by Gasteiger charge is -2.28. The molecule has 1 saturated carbocycles. The summed E-state index contributed by atoms with van der Waals surface area (Å²) in [6.07, 6.45) is 5.29. The predicted octanol–water partition coefficient (Wildman–Crippen LogP) is 4.53. The Kier molecular flexibility index (Phi) is 6.17. The SMILES string of the molecule is C[C@H]1CC[C@@H](COc2nc(Nc3ccc(N4CCOCC4)cc3)ncc2Cl)C1. The van der Waals surface area contributed by atoms with Crippen molar-refractivity contribution in [1.82, 2.24) is 9.97 Å². The van der Waals surface area contributed by atoms with E-state index >= 15 is 0 Å². The topological polar surface area (TPSA) is 59.5 Å². The quantitative estimate of drug-likeness (QED) is 0.766. The van der Waals surface area contributed by atoms with Crippen LogP contribution in [-0.4, -0.2) is 42.9 Å². The van der Waals surface area contributed by atoms with Crippen LogP contribution in [0.1, 0.15) is 26.2 Å². The van der Waals surface area contributed by atoms with Crippen molar-refractivity contribution < 1.29 is 9.47 Å². The summed E-state index contributed by atoms with van der Waals surface area (Å²) >= 11 is 6.23. The number of morpholine rings is 1. The average Bonchev–Trinajstić information content (AvgIpc) is 3.15. The van der Waals surface area contributed by atoms with Crippen molar-refractivity contribution >= 4 is 28.9 Å². The molecule has 1 aliphatic carbocycles. The standard InChI is InChI=1S/C21H27ClN4O2/c1-15-2-3-16(12-15)14-28-20-19(22)13-23-21(25-20)24-17-4-6-18(7-5-17)26-8-10-27-11-9-26/h4-7,13,15-16H,2-3,8-12,14H2,1H3,(H,23,24,25)/t15-,16+/m0/s1. The largest absolute Gasteiger partial charge is 0.476 e. The van der Waals surface area contributed by atoms with Gasteiger partial charge in [-0.05, 0) is 48.9 Å². The number of nitrogens with zero attached hydrogens (tertiary/aromatic N) is 3. The lowest BCUT2D eigenvalue weighted by molar-refractivity contribution is 0.122. The number of benzene rings is 1. The first-order valence-corrected chi connectivity index (χ1v) is 10.4. The molecule has 2 heterocycles. The molecule has 0 amide bonds. The van der Waals surface area contributed by atoms with Crippen LogP contribution in [0.2, 0.25) is 5.02 Å². The van der Waals surface area contributed by atoms with Crippen LogP contribution < -0.4 is 15.0 Å². The molecule has 0 spiro atoms. The van der Waals surface area contributed by atoms with Crippen LogP contribution in [-0.2, 0) is 4.74 Å². The third kappa shape index (κ3) is 4.86. The number of hydrogen-bond donors (Lipinski definition) is 1. The van der Waals surface area contributed by atoms with Gasteiger partial charge in [-0.1, -0.05) is 24.9 Å². The molecular weight excluding hydrogens is 376 g/mol. The van der Waals surface area contributed by atoms with Crippen LogP contribution >= 0.6 is 11.6 Å². The minimum absolute atomic E-state index is 0.444. The Morgan fingerprint density at radius 3 is 2.71 bits per heavy atom. The van der Waals surface area contributed by atoms with Gasteiger partial charge in [0.25, 0.3) is 0 Å². The van der Waals surface area contributed by atoms with Crippen molar-refractivity contribution in [2.75, 3.05) is 43.1 Å². The van der Waals surface area contributed by atoms with Gasteiger partial charge in [-0.15, -0.1) is 0 Å². The lowest BCUT2D eigenvalue weighted by atomic mass is 10.1. The van der Waals surface area contributed by atoms with Crippen LogP contribution in [0.25, 0.3) is 0 Å². The summed E-state index contributed by atoms with van der Waals surface area (Å²) in [6.45, 7) is 6.36. The van der Waals surface area contributed by atoms with E-state index in [1.54, 1.807) is 6.20 Å². The molecule has 2 atom stereocenters. The molecule has 1 saturated heterocycles. The van der Waals surface area contributed by atoms with Gasteiger partial charge in [-0.25, -0.2) is 4.98 Å². The molecule has 4 rings (SSSR count). The summed E-state index contributed by atoms with van der Waals surface area (Å²) in [5, 5.41) is 3.68. The van der Waals surface area contributed by atoms with Gasteiger partial charge in [0.05, 0.1) is 26.0 Å². The number of hydrogen-bond acceptors (Lipinski definition) is 6. The first kappa shape index (κ1) is 19.3. The summed E-state index contributed by atoms with van der Waals surface area (Å²) < 4.78 is 11.3. The van der Waals surface area contributed by atoms with Crippen LogP contribution in [0.3, 0.4) is 0 Å². The molecule has 2 fully saturated rings. The maximum absolute atomic E-state index is 6.23. The zero-order chi connectivity index (χ0) is 19.3. The highest BCUT2D eigenvalue weighted by molar-refractivity contribution is 6.31. The highest BCUT2D eigenvalue weighted by atomic mass is 35.5. The lowest BCUT2D eigenvalue weighted by Crippen LogP contribution is -2.36. The molecule has 2 aromatic rings. The van der Waals surface area contributed by atoms with Gasteiger partial charge in [0.1, 0.15) is 5.02 Å². The highest BCUT2D eigenvalue weighted by Gasteiger charge is 2.22. The van der Waals surface area contributed by atoms with Crippen LogP contribution in [0.5, 0.6) is 5.88 Å². The number of aromatic nitrogens is 2. The number of halogens is 1. The number of rotatable bonds is 6. The molecule has 1 N–H and O–H groups in total. The Hall–Kier alpha value is -2.05. The maximum Gasteiger partial charge on any atom is 0.237 e. The molecule has 1 aromatic heterocycles. The Balaban J connectivity index is 1.37. The fraction of sp³-hybridized carbons (Fsp3) is 0.524. The van der Waals surface area contributed by atoms with Crippen LogP contribution in [0.15, 0.2) is 30.5 Å². The van der Waals surface area contributed by atoms with E-state index < -0.39 is 0 Å². The Morgan fingerprint density at radius 2 is 2.00 bits per heavy atom. The van der Waals surface area contributed by atoms with Gasteiger partial charge in [-0.2, -0.15) is 4.98 Å². The van der Waals surface area contributed by atoms with E-state index in [9.17, 15) is 0 Å². The molecule has 6 nitrogen and oxygen atoms in total. The second kappa shape index (κ2) is 8.97. The van der Waals surface area contributed by atoms with Crippen molar-refractivity contribution in [1.29, 1.82) is 0 Å². The number of anilines is 3. The maximum atomic E-state index is 6.23. The van der Waals surface area contributed by atoms with E-state index in [2.05, 4.69) is 39.2 Å². The van der Waals surface area contributed by atoms with E-state index in [-0.39, 0.29) is 0 Å². The second-order valence-electron chi connectivity index (χ2n) is 7.71. The Morgan fingerprint density at radius 1 is 1.21 bits per heavy atom. The zero-order valence-electron chi connectivity index (χ0n) is 16.2. The monoisotopic (exact) mass is 402 g/mol. The fourth-order valence-electron chi connectivity index (χ4n) is 3.89. The molecule has 1 aliphatic heterocycles. The summed E-state index contributed by atoms with van der Waals surface area (Å²) in [7, 11) is 0. The minimum Gasteiger partial charge on any atom is -0.476 e. The van der Waals surface area contributed by atoms with Crippen LogP contribution in [0.4, 0.5) is 17.3 Å². The van der Waals surface area contributed by atoms with E-state index in [0.29, 0.717) is 29.4 Å². The van der Waals surface area contributed by atoms with Crippen LogP contribution in [0, 0.1) is 11.8 Å². The first-order valence-electron chi connectivity index (χ1n) is 10.0. The number of ether oxygens (including phenoxy) is 2. The van der Waals surface area contributed by atoms with E-state index in [0.717, 1.165) is 37.9 Å². The van der Waals surface area contributed by atoms with Crippen molar-refractivity contribution in [2.24, 2.45) is 11.8 Å².